The molecular formula is C22H21F3N4O2. The number of nitrogens with zero attached hydrogens (tertiary/aromatic N) is 2. The average Bonchev–Trinajstić information content (AvgIpc) is 3.17. The van der Waals surface area contributed by atoms with Crippen molar-refractivity contribution in [3.63, 3.8) is 0 Å². The van der Waals surface area contributed by atoms with Crippen LogP contribution in [-0.4, -0.2) is 29.0 Å². The lowest BCUT2D eigenvalue weighted by Crippen LogP contribution is -2.36. The Hall–Kier alpha value is -3.49. The van der Waals surface area contributed by atoms with Gasteiger partial charge in [-0.3, -0.25) is 4.79 Å². The fourth-order valence-electron chi connectivity index (χ4n) is 3.62. The van der Waals surface area contributed by atoms with Crippen molar-refractivity contribution in [2.75, 3.05) is 17.7 Å². The van der Waals surface area contributed by atoms with Crippen molar-refractivity contribution in [1.82, 2.24) is 9.78 Å². The van der Waals surface area contributed by atoms with E-state index in [0.29, 0.717) is 17.0 Å². The van der Waals surface area contributed by atoms with Gasteiger partial charge in [-0.05, 0) is 36.8 Å². The molecule has 0 unspecified atom stereocenters. The fourth-order valence-corrected chi connectivity index (χ4v) is 3.62. The molecule has 162 valence electrons. The highest BCUT2D eigenvalue weighted by Gasteiger charge is 2.47. The second-order valence-corrected chi connectivity index (χ2v) is 7.43. The summed E-state index contributed by atoms with van der Waals surface area (Å²) in [4.78, 5) is 12.8. The van der Waals surface area contributed by atoms with Gasteiger partial charge in [0.1, 0.15) is 17.1 Å². The van der Waals surface area contributed by atoms with Crippen LogP contribution < -0.4 is 15.4 Å². The lowest BCUT2D eigenvalue weighted by atomic mass is 9.96. The Morgan fingerprint density at radius 2 is 1.84 bits per heavy atom. The highest BCUT2D eigenvalue weighted by atomic mass is 19.4. The Kier molecular flexibility index (Phi) is 5.34. The highest BCUT2D eigenvalue weighted by molar-refractivity contribution is 6.07. The van der Waals surface area contributed by atoms with Gasteiger partial charge in [-0.15, -0.1) is 0 Å². The quantitative estimate of drug-likeness (QED) is 0.603. The predicted octanol–water partition coefficient (Wildman–Crippen LogP) is 5.11. The number of nitrogens with one attached hydrogen (secondary N) is 2. The minimum Gasteiger partial charge on any atom is -0.497 e. The molecule has 1 amide bonds. The van der Waals surface area contributed by atoms with Crippen LogP contribution in [0.4, 0.5) is 24.7 Å². The minimum absolute atomic E-state index is 0.0434. The summed E-state index contributed by atoms with van der Waals surface area (Å²) in [6.07, 6.45) is -3.56. The molecule has 0 fully saturated rings. The van der Waals surface area contributed by atoms with Gasteiger partial charge in [0.2, 0.25) is 0 Å². The average molecular weight is 430 g/mol. The van der Waals surface area contributed by atoms with Crippen LogP contribution in [0.25, 0.3) is 0 Å². The summed E-state index contributed by atoms with van der Waals surface area (Å²) < 4.78 is 47.3. The standard InChI is InChI=1S/C22H21F3N4O2/c1-13-3-5-14(6-4-13)18-11-19(22(23,24)25)29-20(28-18)17(12-26-29)21(30)27-15-7-9-16(31-2)10-8-15/h3-10,12,18-19,28H,11H2,1-2H3,(H,27,30)/t18-,19-/m1/s1. The van der Waals surface area contributed by atoms with Crippen LogP contribution in [0.2, 0.25) is 0 Å². The maximum Gasteiger partial charge on any atom is 0.410 e. The number of carbonyl (C=O) groups excluding carboxylic acids is 1. The number of aromatic nitrogens is 2. The molecule has 2 aromatic carbocycles. The number of methoxy groups -OCH3 is 1. The Morgan fingerprint density at radius 1 is 1.16 bits per heavy atom. The van der Waals surface area contributed by atoms with Crippen LogP contribution in [0.3, 0.4) is 0 Å². The van der Waals surface area contributed by atoms with Crippen LogP contribution in [0, 0.1) is 6.92 Å². The topological polar surface area (TPSA) is 68.2 Å². The lowest BCUT2D eigenvalue weighted by molar-refractivity contribution is -0.173. The Bertz CT molecular complexity index is 1080. The van der Waals surface area contributed by atoms with Crippen LogP contribution >= 0.6 is 0 Å². The number of rotatable bonds is 4. The molecule has 0 spiro atoms. The second kappa shape index (κ2) is 7.98. The first kappa shape index (κ1) is 20.8. The van der Waals surface area contributed by atoms with Crippen LogP contribution in [0.1, 0.15) is 40.0 Å². The molecule has 0 saturated carbocycles. The van der Waals surface area contributed by atoms with Gasteiger partial charge >= 0.3 is 6.18 Å². The SMILES string of the molecule is COc1ccc(NC(=O)c2cnn3c2N[C@@H](c2ccc(C)cc2)C[C@@H]3C(F)(F)F)cc1. The monoisotopic (exact) mass is 430 g/mol. The van der Waals surface area contributed by atoms with Crippen molar-refractivity contribution in [2.24, 2.45) is 0 Å². The molecule has 4 rings (SSSR count). The van der Waals surface area contributed by atoms with E-state index in [0.717, 1.165) is 16.4 Å². The summed E-state index contributed by atoms with van der Waals surface area (Å²) in [6.45, 7) is 1.91. The second-order valence-electron chi connectivity index (χ2n) is 7.43. The summed E-state index contributed by atoms with van der Waals surface area (Å²) in [5, 5.41) is 9.67. The van der Waals surface area contributed by atoms with Crippen molar-refractivity contribution >= 4 is 17.4 Å². The molecule has 1 aliphatic rings. The van der Waals surface area contributed by atoms with Gasteiger partial charge in [0, 0.05) is 12.1 Å². The van der Waals surface area contributed by atoms with Crippen molar-refractivity contribution in [2.45, 2.75) is 31.6 Å². The van der Waals surface area contributed by atoms with Gasteiger partial charge in [0.15, 0.2) is 6.04 Å². The number of benzene rings is 2. The number of alkyl halides is 3. The molecule has 2 atom stereocenters. The van der Waals surface area contributed by atoms with Gasteiger partial charge in [0.05, 0.1) is 19.3 Å². The zero-order valence-electron chi connectivity index (χ0n) is 16.9. The van der Waals surface area contributed by atoms with Gasteiger partial charge in [-0.25, -0.2) is 4.68 Å². The lowest BCUT2D eigenvalue weighted by Gasteiger charge is -2.34. The van der Waals surface area contributed by atoms with Crippen molar-refractivity contribution < 1.29 is 22.7 Å². The molecular weight excluding hydrogens is 409 g/mol. The third kappa shape index (κ3) is 4.21. The number of carbonyl (C=O) groups is 1. The van der Waals surface area contributed by atoms with E-state index in [9.17, 15) is 18.0 Å². The third-order valence-electron chi connectivity index (χ3n) is 5.31. The van der Waals surface area contributed by atoms with E-state index in [1.807, 2.05) is 19.1 Å². The Balaban J connectivity index is 1.65. The first-order valence-corrected chi connectivity index (χ1v) is 9.69. The summed E-state index contributed by atoms with van der Waals surface area (Å²) in [5.41, 5.74) is 2.26. The molecule has 2 N–H and O–H groups in total. The summed E-state index contributed by atoms with van der Waals surface area (Å²) >= 11 is 0. The number of aryl methyl sites for hydroxylation is 1. The van der Waals surface area contributed by atoms with E-state index >= 15 is 0 Å². The maximum absolute atomic E-state index is 13.8. The molecule has 0 bridgehead atoms. The molecule has 31 heavy (non-hydrogen) atoms. The van der Waals surface area contributed by atoms with Crippen LogP contribution in [0.5, 0.6) is 5.75 Å². The number of hydrogen-bond donors (Lipinski definition) is 2. The van der Waals surface area contributed by atoms with E-state index in [-0.39, 0.29) is 17.8 Å². The van der Waals surface area contributed by atoms with E-state index in [1.54, 1.807) is 36.4 Å². The summed E-state index contributed by atoms with van der Waals surface area (Å²) in [7, 11) is 1.53. The molecule has 1 aliphatic heterocycles. The third-order valence-corrected chi connectivity index (χ3v) is 5.31. The van der Waals surface area contributed by atoms with Crippen LogP contribution in [-0.2, 0) is 0 Å². The first-order valence-electron chi connectivity index (χ1n) is 9.69. The van der Waals surface area contributed by atoms with E-state index in [1.165, 1.54) is 7.11 Å². The summed E-state index contributed by atoms with van der Waals surface area (Å²) in [6, 6.07) is 11.5. The van der Waals surface area contributed by atoms with Gasteiger partial charge < -0.3 is 15.4 Å². The van der Waals surface area contributed by atoms with E-state index in [2.05, 4.69) is 15.7 Å². The first-order chi connectivity index (χ1) is 14.8. The molecule has 0 radical (unpaired) electrons. The molecule has 6 nitrogen and oxygen atoms in total. The van der Waals surface area contributed by atoms with Gasteiger partial charge in [0.25, 0.3) is 5.91 Å². The molecule has 1 aromatic heterocycles. The number of anilines is 2. The highest BCUT2D eigenvalue weighted by Crippen LogP contribution is 2.44. The minimum atomic E-state index is -4.50. The molecule has 2 heterocycles. The van der Waals surface area contributed by atoms with Crippen LogP contribution in [0.15, 0.2) is 54.7 Å². The molecule has 0 aliphatic carbocycles. The zero-order chi connectivity index (χ0) is 22.2. The van der Waals surface area contributed by atoms with Gasteiger partial charge in [-0.2, -0.15) is 18.3 Å². The maximum atomic E-state index is 13.8. The zero-order valence-corrected chi connectivity index (χ0v) is 16.9. The number of fused-ring (bicyclic) bond motifs is 1. The molecule has 9 heteroatoms. The molecule has 3 aromatic rings. The number of amides is 1. The largest absolute Gasteiger partial charge is 0.497 e. The number of halogens is 3. The van der Waals surface area contributed by atoms with Crippen molar-refractivity contribution in [3.05, 3.63) is 71.4 Å². The number of hydrogen-bond acceptors (Lipinski definition) is 4. The molecule has 0 saturated heterocycles. The van der Waals surface area contributed by atoms with Crippen molar-refractivity contribution in [1.29, 1.82) is 0 Å². The number of ether oxygens (including phenoxy) is 1. The predicted molar refractivity (Wildman–Crippen MR) is 110 cm³/mol. The normalized spacial score (nSPS) is 18.1. The smallest absolute Gasteiger partial charge is 0.410 e. The Labute approximate surface area is 177 Å². The van der Waals surface area contributed by atoms with Crippen molar-refractivity contribution in [3.8, 4) is 5.75 Å². The Morgan fingerprint density at radius 3 is 2.45 bits per heavy atom. The van der Waals surface area contributed by atoms with Gasteiger partial charge in [-0.1, -0.05) is 29.8 Å². The van der Waals surface area contributed by atoms with E-state index in [4.69, 9.17) is 4.74 Å². The van der Waals surface area contributed by atoms with E-state index < -0.39 is 24.2 Å². The summed E-state index contributed by atoms with van der Waals surface area (Å²) in [5.74, 6) is 0.117. The fraction of sp³-hybridized carbons (Fsp3) is 0.273.